The van der Waals surface area contributed by atoms with Crippen LogP contribution in [0.2, 0.25) is 0 Å². The summed E-state index contributed by atoms with van der Waals surface area (Å²) in [4.78, 5) is 3.86. The van der Waals surface area contributed by atoms with Gasteiger partial charge in [-0.15, -0.1) is 0 Å². The number of oxazole rings is 1. The Labute approximate surface area is 83.8 Å². The molecule has 0 radical (unpaired) electrons. The van der Waals surface area contributed by atoms with Gasteiger partial charge in [-0.05, 0) is 12.5 Å². The zero-order valence-electron chi connectivity index (χ0n) is 8.50. The maximum atomic E-state index is 5.20. The van der Waals surface area contributed by atoms with Gasteiger partial charge < -0.3 is 9.73 Å². The first-order valence-corrected chi connectivity index (χ1v) is 4.28. The maximum Gasteiger partial charge on any atom is 0.181 e. The highest BCUT2D eigenvalue weighted by molar-refractivity contribution is 5.79. The van der Waals surface area contributed by atoms with E-state index in [4.69, 9.17) is 4.42 Å². The van der Waals surface area contributed by atoms with Gasteiger partial charge in [-0.25, -0.2) is 4.98 Å². The molecule has 1 aromatic heterocycles. The smallest absolute Gasteiger partial charge is 0.181 e. The molecule has 0 saturated heterocycles. The predicted molar refractivity (Wildman–Crippen MR) is 57.5 cm³/mol. The summed E-state index contributed by atoms with van der Waals surface area (Å²) in [5.74, 6) is 0.687. The summed E-state index contributed by atoms with van der Waals surface area (Å²) < 4.78 is 5.20. The standard InChI is InChI=1S/C11H14N2O/c1-8(2)9(3)10(5-12-4)11-6-13-7-14-11/h5-7,12H,1,3H2,2,4H3/b10-5+. The van der Waals surface area contributed by atoms with Crippen molar-refractivity contribution >= 4 is 5.57 Å². The zero-order chi connectivity index (χ0) is 10.6. The fourth-order valence-electron chi connectivity index (χ4n) is 1.03. The van der Waals surface area contributed by atoms with Crippen LogP contribution < -0.4 is 5.32 Å². The lowest BCUT2D eigenvalue weighted by Gasteiger charge is -2.07. The fourth-order valence-corrected chi connectivity index (χ4v) is 1.03. The number of nitrogens with one attached hydrogen (secondary N) is 1. The van der Waals surface area contributed by atoms with Crippen molar-refractivity contribution in [3.05, 3.63) is 48.9 Å². The summed E-state index contributed by atoms with van der Waals surface area (Å²) in [6.07, 6.45) is 4.86. The number of nitrogens with zero attached hydrogens (tertiary/aromatic N) is 1. The van der Waals surface area contributed by atoms with Gasteiger partial charge >= 0.3 is 0 Å². The van der Waals surface area contributed by atoms with Gasteiger partial charge in [0, 0.05) is 18.8 Å². The quantitative estimate of drug-likeness (QED) is 0.741. The second-order valence-corrected chi connectivity index (χ2v) is 2.97. The maximum absolute atomic E-state index is 5.20. The summed E-state index contributed by atoms with van der Waals surface area (Å²) in [6.45, 7) is 9.68. The third kappa shape index (κ3) is 2.13. The van der Waals surface area contributed by atoms with Crippen molar-refractivity contribution in [3.8, 4) is 0 Å². The highest BCUT2D eigenvalue weighted by atomic mass is 16.3. The molecule has 74 valence electrons. The van der Waals surface area contributed by atoms with E-state index in [-0.39, 0.29) is 0 Å². The van der Waals surface area contributed by atoms with Gasteiger partial charge in [0.2, 0.25) is 0 Å². The van der Waals surface area contributed by atoms with E-state index in [1.54, 1.807) is 6.20 Å². The molecule has 0 unspecified atom stereocenters. The van der Waals surface area contributed by atoms with Crippen LogP contribution in [0.1, 0.15) is 12.7 Å². The largest absolute Gasteiger partial charge is 0.443 e. The minimum absolute atomic E-state index is 0.687. The molecule has 0 aliphatic heterocycles. The van der Waals surface area contributed by atoms with Gasteiger partial charge in [0.15, 0.2) is 12.2 Å². The highest BCUT2D eigenvalue weighted by Crippen LogP contribution is 2.24. The molecule has 0 aromatic carbocycles. The Kier molecular flexibility index (Phi) is 3.29. The van der Waals surface area contributed by atoms with E-state index in [9.17, 15) is 0 Å². The Morgan fingerprint density at radius 1 is 1.57 bits per heavy atom. The topological polar surface area (TPSA) is 38.1 Å². The summed E-state index contributed by atoms with van der Waals surface area (Å²) in [5, 5.41) is 2.94. The van der Waals surface area contributed by atoms with Crippen LogP contribution >= 0.6 is 0 Å². The van der Waals surface area contributed by atoms with Crippen LogP contribution in [-0.4, -0.2) is 12.0 Å². The fraction of sp³-hybridized carbons (Fsp3) is 0.182. The molecule has 3 heteroatoms. The Morgan fingerprint density at radius 3 is 2.71 bits per heavy atom. The molecule has 0 aliphatic carbocycles. The van der Waals surface area contributed by atoms with Crippen molar-refractivity contribution in [2.75, 3.05) is 7.05 Å². The van der Waals surface area contributed by atoms with Crippen LogP contribution in [0.15, 0.2) is 47.5 Å². The third-order valence-electron chi connectivity index (χ3n) is 1.83. The van der Waals surface area contributed by atoms with Crippen molar-refractivity contribution in [2.24, 2.45) is 0 Å². The van der Waals surface area contributed by atoms with Crippen molar-refractivity contribution in [3.63, 3.8) is 0 Å². The Bertz CT molecular complexity index is 361. The molecular weight excluding hydrogens is 176 g/mol. The van der Waals surface area contributed by atoms with E-state index in [1.165, 1.54) is 6.39 Å². The lowest BCUT2D eigenvalue weighted by molar-refractivity contribution is 0.544. The van der Waals surface area contributed by atoms with Crippen LogP contribution in [0.3, 0.4) is 0 Å². The van der Waals surface area contributed by atoms with E-state index in [2.05, 4.69) is 23.5 Å². The molecule has 0 fully saturated rings. The van der Waals surface area contributed by atoms with E-state index in [1.807, 2.05) is 20.2 Å². The number of hydrogen-bond donors (Lipinski definition) is 1. The monoisotopic (exact) mass is 190 g/mol. The van der Waals surface area contributed by atoms with Crippen LogP contribution in [0, 0.1) is 0 Å². The molecule has 0 saturated carbocycles. The van der Waals surface area contributed by atoms with Gasteiger partial charge in [-0.2, -0.15) is 0 Å². The second-order valence-electron chi connectivity index (χ2n) is 2.97. The average molecular weight is 190 g/mol. The second kappa shape index (κ2) is 4.46. The van der Waals surface area contributed by atoms with Crippen LogP contribution in [-0.2, 0) is 0 Å². The minimum Gasteiger partial charge on any atom is -0.443 e. The van der Waals surface area contributed by atoms with Crippen LogP contribution in [0.4, 0.5) is 0 Å². The van der Waals surface area contributed by atoms with E-state index in [0.29, 0.717) is 5.76 Å². The first-order chi connectivity index (χ1) is 6.66. The first-order valence-electron chi connectivity index (χ1n) is 4.28. The minimum atomic E-state index is 0.687. The van der Waals surface area contributed by atoms with Gasteiger partial charge in [0.05, 0.1) is 6.20 Å². The van der Waals surface area contributed by atoms with Gasteiger partial charge in [-0.1, -0.05) is 18.7 Å². The molecule has 0 aliphatic rings. The normalized spacial score (nSPS) is 11.1. The molecule has 3 nitrogen and oxygen atoms in total. The molecule has 0 bridgehead atoms. The van der Waals surface area contributed by atoms with E-state index >= 15 is 0 Å². The molecule has 0 amide bonds. The highest BCUT2D eigenvalue weighted by Gasteiger charge is 2.09. The molecular formula is C11H14N2O. The number of hydrogen-bond acceptors (Lipinski definition) is 3. The third-order valence-corrected chi connectivity index (χ3v) is 1.83. The Hall–Kier alpha value is -1.77. The molecule has 1 aromatic rings. The van der Waals surface area contributed by atoms with Crippen LogP contribution in [0.25, 0.3) is 5.57 Å². The van der Waals surface area contributed by atoms with Crippen molar-refractivity contribution in [1.29, 1.82) is 0 Å². The van der Waals surface area contributed by atoms with E-state index in [0.717, 1.165) is 16.7 Å². The van der Waals surface area contributed by atoms with Crippen molar-refractivity contribution < 1.29 is 4.42 Å². The summed E-state index contributed by atoms with van der Waals surface area (Å²) in [5.41, 5.74) is 2.62. The lowest BCUT2D eigenvalue weighted by Crippen LogP contribution is -1.98. The van der Waals surface area contributed by atoms with Gasteiger partial charge in [0.1, 0.15) is 0 Å². The van der Waals surface area contributed by atoms with Crippen molar-refractivity contribution in [1.82, 2.24) is 10.3 Å². The van der Waals surface area contributed by atoms with Gasteiger partial charge in [-0.3, -0.25) is 0 Å². The average Bonchev–Trinajstić information content (AvgIpc) is 2.65. The van der Waals surface area contributed by atoms with Gasteiger partial charge in [0.25, 0.3) is 0 Å². The summed E-state index contributed by atoms with van der Waals surface area (Å²) >= 11 is 0. The molecule has 14 heavy (non-hydrogen) atoms. The van der Waals surface area contributed by atoms with Crippen LogP contribution in [0.5, 0.6) is 0 Å². The zero-order valence-corrected chi connectivity index (χ0v) is 8.50. The SMILES string of the molecule is C=C(C)C(=C)/C(=C\NC)c1cnco1. The molecule has 0 atom stereocenters. The summed E-state index contributed by atoms with van der Waals surface area (Å²) in [7, 11) is 1.82. The molecule has 1 N–H and O–H groups in total. The van der Waals surface area contributed by atoms with E-state index < -0.39 is 0 Å². The summed E-state index contributed by atoms with van der Waals surface area (Å²) in [6, 6.07) is 0. The number of allylic oxidation sites excluding steroid dienone is 3. The predicted octanol–water partition coefficient (Wildman–Crippen LogP) is 2.37. The first kappa shape index (κ1) is 10.3. The Balaban J connectivity index is 3.04. The number of rotatable bonds is 4. The molecule has 1 rings (SSSR count). The van der Waals surface area contributed by atoms with Crippen molar-refractivity contribution in [2.45, 2.75) is 6.92 Å². The Morgan fingerprint density at radius 2 is 2.29 bits per heavy atom. The number of aromatic nitrogens is 1. The molecule has 0 spiro atoms. The lowest BCUT2D eigenvalue weighted by atomic mass is 10.0. The molecule has 1 heterocycles.